The van der Waals surface area contributed by atoms with Crippen LogP contribution in [-0.4, -0.2) is 184 Å². The summed E-state index contributed by atoms with van der Waals surface area (Å²) in [7, 11) is 4.50. The van der Waals surface area contributed by atoms with Gasteiger partial charge in [-0.05, 0) is 180 Å². The maximum absolute atomic E-state index is 15.0. The molecule has 1 saturated heterocycles. The molecule has 2 aliphatic heterocycles. The summed E-state index contributed by atoms with van der Waals surface area (Å²) in [6.07, 6.45) is 13.0. The van der Waals surface area contributed by atoms with Crippen molar-refractivity contribution >= 4 is 82.4 Å². The monoisotopic (exact) mass is 1530 g/mol. The number of nitrogens with one attached hydrogen (secondary N) is 2. The van der Waals surface area contributed by atoms with Crippen molar-refractivity contribution in [3.05, 3.63) is 141 Å². The first-order valence-electron chi connectivity index (χ1n) is 38.0. The van der Waals surface area contributed by atoms with E-state index in [0.717, 1.165) is 101 Å². The highest BCUT2D eigenvalue weighted by Crippen LogP contribution is 2.72. The lowest BCUT2D eigenvalue weighted by Gasteiger charge is -2.69. The highest BCUT2D eigenvalue weighted by atomic mass is 32.1. The quantitative estimate of drug-likeness (QED) is 0.0158. The molecule has 580 valence electrons. The highest BCUT2D eigenvalue weighted by molar-refractivity contribution is 7.16. The number of pyridine rings is 1. The van der Waals surface area contributed by atoms with Crippen molar-refractivity contribution in [2.24, 2.45) is 21.2 Å². The van der Waals surface area contributed by atoms with E-state index in [1.54, 1.807) is 36.6 Å². The SMILES string of the molecule is COc1ccc(COC(=O)c2nc(N(CCCCCn3cc(COCCOCCOCC(=O)Nc4cccc5c4CN(C4CCC(=O)NC4=O)C5=O)nn3)c3cc(C)c(N=c4sc5ccccc5n4COCC[Si](C)(C)C)nn3)ccc2-c2cnn(CC34CC5(C)CC(C)(C3)CC(OCCN(C)C)(C5)C4)c2C)cc1. The lowest BCUT2D eigenvalue weighted by Crippen LogP contribution is -2.64. The number of piperidine rings is 1. The van der Waals surface area contributed by atoms with Crippen LogP contribution in [0.4, 0.5) is 23.1 Å². The Morgan fingerprint density at radius 2 is 1.56 bits per heavy atom. The van der Waals surface area contributed by atoms with Gasteiger partial charge in [0.2, 0.25) is 17.7 Å². The largest absolute Gasteiger partial charge is 0.497 e. The summed E-state index contributed by atoms with van der Waals surface area (Å²) in [6, 6.07) is 26.9. The molecule has 0 radical (unpaired) electrons. The molecule has 27 nitrogen and oxygen atoms in total. The summed E-state index contributed by atoms with van der Waals surface area (Å²) in [5.74, 6) is 0.0289. The minimum Gasteiger partial charge on any atom is -0.497 e. The Labute approximate surface area is 641 Å². The number of methoxy groups -OCH3 is 1. The molecule has 6 aliphatic rings. The van der Waals surface area contributed by atoms with E-state index in [9.17, 15) is 19.2 Å². The number of anilines is 3. The van der Waals surface area contributed by atoms with Crippen LogP contribution in [0.5, 0.6) is 5.75 Å². The van der Waals surface area contributed by atoms with E-state index >= 15 is 4.79 Å². The van der Waals surface area contributed by atoms with Crippen molar-refractivity contribution < 1.29 is 57.1 Å². The van der Waals surface area contributed by atoms with Crippen molar-refractivity contribution in [2.75, 3.05) is 90.8 Å². The highest BCUT2D eigenvalue weighted by Gasteiger charge is 2.66. The normalized spacial score (nSPS) is 21.1. The number of para-hydroxylation sites is 1. The van der Waals surface area contributed by atoms with Gasteiger partial charge in [-0.3, -0.25) is 38.4 Å². The number of aromatic nitrogens is 9. The molecule has 3 aromatic carbocycles. The van der Waals surface area contributed by atoms with Gasteiger partial charge in [0, 0.05) is 87.5 Å². The number of unbranched alkanes of at least 4 members (excludes halogenated alkanes) is 2. The lowest BCUT2D eigenvalue weighted by molar-refractivity contribution is -0.248. The zero-order valence-corrected chi connectivity index (χ0v) is 66.3. The Bertz CT molecular complexity index is 4670. The number of amides is 4. The molecular weight excluding hydrogens is 1420 g/mol. The minimum atomic E-state index is -1.32. The first-order valence-corrected chi connectivity index (χ1v) is 42.5. The van der Waals surface area contributed by atoms with Crippen LogP contribution in [0, 0.1) is 30.1 Å². The van der Waals surface area contributed by atoms with E-state index < -0.39 is 31.9 Å². The maximum Gasteiger partial charge on any atom is 0.358 e. The smallest absolute Gasteiger partial charge is 0.358 e. The lowest BCUT2D eigenvalue weighted by atomic mass is 9.39. The second-order valence-corrected chi connectivity index (χ2v) is 39.1. The van der Waals surface area contributed by atoms with Crippen LogP contribution < -0.4 is 25.1 Å². The van der Waals surface area contributed by atoms with E-state index in [4.69, 9.17) is 58.4 Å². The number of imide groups is 1. The molecule has 8 aromatic rings. The van der Waals surface area contributed by atoms with Gasteiger partial charge < -0.3 is 53.2 Å². The fraction of sp³-hybridized carbons (Fsp3) is 0.525. The second-order valence-electron chi connectivity index (χ2n) is 32.4. The number of rotatable bonds is 37. The van der Waals surface area contributed by atoms with Crippen LogP contribution in [0.2, 0.25) is 25.7 Å². The average Bonchev–Trinajstić information content (AvgIpc) is 0.983. The predicted octanol–water partition coefficient (Wildman–Crippen LogP) is 11.5. The van der Waals surface area contributed by atoms with Gasteiger partial charge in [-0.15, -0.1) is 15.3 Å². The molecule has 4 saturated carbocycles. The Balaban J connectivity index is 0.673. The number of hydrogen-bond donors (Lipinski definition) is 2. The number of hydrogen-bond acceptors (Lipinski definition) is 22. The fourth-order valence-corrected chi connectivity index (χ4v) is 19.2. The van der Waals surface area contributed by atoms with Crippen LogP contribution in [0.3, 0.4) is 0 Å². The third-order valence-corrected chi connectivity index (χ3v) is 24.3. The number of carbonyl (C=O) groups excluding carboxylic acids is 5. The zero-order chi connectivity index (χ0) is 76.7. The molecule has 5 aromatic heterocycles. The topological polar surface area (TPSA) is 288 Å². The van der Waals surface area contributed by atoms with Crippen molar-refractivity contribution in [1.29, 1.82) is 0 Å². The standard InChI is InChI=1S/C80H103N15O12SSi/c1-54-39-68(87-88-72(54)85-76-94(53-105-37-38-109(8,9)10)64-19-12-13-20-66(64)108-76)92(30-15-11-14-29-91-41-57(86-89-91)44-103-35-33-102-34-36-104-45-70(97)82-63-18-16-17-60-62(63)42-93(74(60)99)65-26-28-69(96)84-73(65)98)67-27-25-59(71(83-67)75(100)106-43-56-21-23-58(101-7)24-22-56)61-40-81-95(55(61)2)52-79-47-77(3)46-78(4,48-79)50-80(49-77,51-79)107-32-31-90(5)6/h12-13,16-25,27,39-41,65H,11,14-15,26,28-38,42-53H2,1-10H3,(H,82,97)(H,84,96,98). The molecule has 4 aliphatic carbocycles. The summed E-state index contributed by atoms with van der Waals surface area (Å²) in [6.45, 7) is 21.6. The fourth-order valence-electron chi connectivity index (χ4n) is 17.4. The van der Waals surface area contributed by atoms with Crippen LogP contribution in [0.15, 0.2) is 102 Å². The Hall–Kier alpha value is -8.94. The number of thiazole rings is 1. The van der Waals surface area contributed by atoms with Gasteiger partial charge in [0.1, 0.15) is 43.2 Å². The third kappa shape index (κ3) is 18.9. The number of fused-ring (bicyclic) bond motifs is 2. The maximum atomic E-state index is 15.0. The summed E-state index contributed by atoms with van der Waals surface area (Å²) in [5, 5.41) is 28.8. The van der Waals surface area contributed by atoms with Gasteiger partial charge in [0.25, 0.3) is 5.91 Å². The van der Waals surface area contributed by atoms with E-state index in [1.807, 2.05) is 83.5 Å². The molecule has 2 N–H and O–H groups in total. The summed E-state index contributed by atoms with van der Waals surface area (Å²) in [5.41, 5.74) is 7.43. The number of aryl methyl sites for hydroxylation is 2. The summed E-state index contributed by atoms with van der Waals surface area (Å²) >= 11 is 1.58. The molecule has 4 bridgehead atoms. The van der Waals surface area contributed by atoms with Crippen molar-refractivity contribution in [2.45, 2.75) is 175 Å². The number of benzene rings is 3. The van der Waals surface area contributed by atoms with Crippen molar-refractivity contribution in [3.63, 3.8) is 0 Å². The van der Waals surface area contributed by atoms with Gasteiger partial charge in [-0.1, -0.05) is 80.4 Å². The van der Waals surface area contributed by atoms with Gasteiger partial charge in [0.05, 0.1) is 75.0 Å². The molecule has 29 heteroatoms. The number of esters is 1. The van der Waals surface area contributed by atoms with Crippen LogP contribution >= 0.6 is 11.3 Å². The molecule has 3 unspecified atom stereocenters. The first kappa shape index (κ1) is 78.2. The van der Waals surface area contributed by atoms with Crippen LogP contribution in [0.25, 0.3) is 21.3 Å². The second kappa shape index (κ2) is 33.7. The number of ether oxygens (including phenoxy) is 7. The summed E-state index contributed by atoms with van der Waals surface area (Å²) in [4.78, 5) is 82.3. The molecule has 7 heterocycles. The minimum absolute atomic E-state index is 0.0116. The number of likely N-dealkylation sites (N-methyl/N-ethyl adjacent to an activating group) is 1. The molecular formula is C80H103N15O12SSi. The Morgan fingerprint density at radius 3 is 2.32 bits per heavy atom. The predicted molar refractivity (Wildman–Crippen MR) is 415 cm³/mol. The molecule has 5 fully saturated rings. The van der Waals surface area contributed by atoms with Gasteiger partial charge >= 0.3 is 5.97 Å². The molecule has 14 rings (SSSR count). The average molecular weight is 1530 g/mol. The van der Waals surface area contributed by atoms with E-state index in [2.05, 4.69) is 102 Å². The van der Waals surface area contributed by atoms with Gasteiger partial charge in [0.15, 0.2) is 22.1 Å². The van der Waals surface area contributed by atoms with Gasteiger partial charge in [-0.2, -0.15) is 10.1 Å². The van der Waals surface area contributed by atoms with Crippen LogP contribution in [-0.2, 0) is 82.4 Å². The summed E-state index contributed by atoms with van der Waals surface area (Å²) < 4.78 is 49.3. The van der Waals surface area contributed by atoms with Crippen molar-refractivity contribution in [1.82, 2.24) is 59.6 Å². The number of carbonyl (C=O) groups is 5. The van der Waals surface area contributed by atoms with Crippen molar-refractivity contribution in [3.8, 4) is 16.9 Å². The van der Waals surface area contributed by atoms with Gasteiger partial charge in [-0.25, -0.2) is 9.78 Å². The molecule has 3 atom stereocenters. The molecule has 4 amide bonds. The Kier molecular flexibility index (Phi) is 24.2. The van der Waals surface area contributed by atoms with E-state index in [0.29, 0.717) is 97.3 Å². The van der Waals surface area contributed by atoms with E-state index in [-0.39, 0.29) is 98.4 Å². The zero-order valence-electron chi connectivity index (χ0n) is 64.5. The Morgan fingerprint density at radius 1 is 0.780 bits per heavy atom. The molecule has 109 heavy (non-hydrogen) atoms. The van der Waals surface area contributed by atoms with E-state index in [1.165, 1.54) is 11.3 Å². The molecule has 0 spiro atoms. The first-order chi connectivity index (χ1) is 52.3. The van der Waals surface area contributed by atoms with Crippen LogP contribution in [0.1, 0.15) is 133 Å². The third-order valence-electron chi connectivity index (χ3n) is 21.5. The number of nitrogens with zero attached hydrogens (tertiary/aromatic N) is 13.